The minimum Gasteiger partial charge on any atom is -0.495 e. The van der Waals surface area contributed by atoms with Gasteiger partial charge in [0, 0.05) is 6.07 Å². The second-order valence-corrected chi connectivity index (χ2v) is 2.79. The van der Waals surface area contributed by atoms with E-state index >= 15 is 0 Å². The quantitative estimate of drug-likeness (QED) is 0.767. The molecule has 0 heterocycles. The summed E-state index contributed by atoms with van der Waals surface area (Å²) in [4.78, 5) is 0. The number of ether oxygens (including phenoxy) is 3. The van der Waals surface area contributed by atoms with Gasteiger partial charge >= 0.3 is 0 Å². The van der Waals surface area contributed by atoms with Gasteiger partial charge in [-0.1, -0.05) is 0 Å². The van der Waals surface area contributed by atoms with Crippen LogP contribution >= 0.6 is 0 Å². The highest BCUT2D eigenvalue weighted by Crippen LogP contribution is 2.38. The molecule has 0 radical (unpaired) electrons. The van der Waals surface area contributed by atoms with Crippen LogP contribution in [0, 0.1) is 22.7 Å². The summed E-state index contributed by atoms with van der Waals surface area (Å²) in [5, 5.41) is 18.0. The van der Waals surface area contributed by atoms with E-state index in [4.69, 9.17) is 24.7 Å². The first kappa shape index (κ1) is 11.7. The lowest BCUT2D eigenvalue weighted by atomic mass is 10.1. The molecule has 1 rings (SSSR count). The van der Waals surface area contributed by atoms with E-state index in [9.17, 15) is 0 Å². The number of rotatable bonds is 3. The van der Waals surface area contributed by atoms with Crippen molar-refractivity contribution in [2.45, 2.75) is 0 Å². The van der Waals surface area contributed by atoms with Crippen LogP contribution in [0.2, 0.25) is 0 Å². The monoisotopic (exact) mass is 218 g/mol. The first-order chi connectivity index (χ1) is 7.73. The van der Waals surface area contributed by atoms with Gasteiger partial charge in [0.2, 0.25) is 0 Å². The van der Waals surface area contributed by atoms with Crippen molar-refractivity contribution in [3.63, 3.8) is 0 Å². The molecule has 0 N–H and O–H groups in total. The molecule has 1 aromatic carbocycles. The van der Waals surface area contributed by atoms with E-state index in [-0.39, 0.29) is 22.6 Å². The van der Waals surface area contributed by atoms with E-state index < -0.39 is 0 Å². The normalized spacial score (nSPS) is 8.81. The number of hydrogen-bond acceptors (Lipinski definition) is 5. The Bertz CT molecular complexity index is 483. The van der Waals surface area contributed by atoms with Crippen molar-refractivity contribution in [3.8, 4) is 29.4 Å². The number of benzene rings is 1. The molecular weight excluding hydrogens is 208 g/mol. The van der Waals surface area contributed by atoms with Crippen LogP contribution in [0.5, 0.6) is 17.2 Å². The van der Waals surface area contributed by atoms with E-state index in [0.717, 1.165) is 0 Å². The first-order valence-electron chi connectivity index (χ1n) is 4.36. The summed E-state index contributed by atoms with van der Waals surface area (Å²) in [6.45, 7) is 0. The Balaban J connectivity index is 3.64. The molecule has 0 aromatic heterocycles. The van der Waals surface area contributed by atoms with Crippen LogP contribution < -0.4 is 14.2 Å². The van der Waals surface area contributed by atoms with Gasteiger partial charge < -0.3 is 14.2 Å². The highest BCUT2D eigenvalue weighted by Gasteiger charge is 2.19. The summed E-state index contributed by atoms with van der Waals surface area (Å²) in [6.07, 6.45) is 0. The zero-order valence-corrected chi connectivity index (χ0v) is 9.20. The van der Waals surface area contributed by atoms with Crippen molar-refractivity contribution in [3.05, 3.63) is 17.2 Å². The lowest BCUT2D eigenvalue weighted by Crippen LogP contribution is -1.99. The molecule has 0 aliphatic heterocycles. The second-order valence-electron chi connectivity index (χ2n) is 2.79. The fraction of sp³-hybridized carbons (Fsp3) is 0.273. The number of hydrogen-bond donors (Lipinski definition) is 0. The number of methoxy groups -OCH3 is 3. The van der Waals surface area contributed by atoms with Crippen LogP contribution in [0.4, 0.5) is 0 Å². The fourth-order valence-corrected chi connectivity index (χ4v) is 1.35. The molecule has 0 aliphatic rings. The predicted octanol–water partition coefficient (Wildman–Crippen LogP) is 1.46. The van der Waals surface area contributed by atoms with Gasteiger partial charge in [0.05, 0.1) is 21.3 Å². The molecule has 0 saturated carbocycles. The molecule has 5 heteroatoms. The lowest BCUT2D eigenvalue weighted by Gasteiger charge is -2.12. The maximum Gasteiger partial charge on any atom is 0.180 e. The van der Waals surface area contributed by atoms with Gasteiger partial charge in [0.1, 0.15) is 29.0 Å². The van der Waals surface area contributed by atoms with Gasteiger partial charge in [0.15, 0.2) is 11.5 Å². The zero-order chi connectivity index (χ0) is 12.1. The second kappa shape index (κ2) is 4.90. The molecule has 0 spiro atoms. The summed E-state index contributed by atoms with van der Waals surface area (Å²) < 4.78 is 15.1. The maximum absolute atomic E-state index is 9.01. The van der Waals surface area contributed by atoms with Crippen molar-refractivity contribution < 1.29 is 14.2 Å². The third kappa shape index (κ3) is 1.71. The van der Waals surface area contributed by atoms with Crippen molar-refractivity contribution in [2.75, 3.05) is 21.3 Å². The Morgan fingerprint density at radius 2 is 1.44 bits per heavy atom. The molecule has 0 amide bonds. The van der Waals surface area contributed by atoms with Crippen LogP contribution in [-0.2, 0) is 0 Å². The minimum absolute atomic E-state index is 0.112. The van der Waals surface area contributed by atoms with Gasteiger partial charge in [0.25, 0.3) is 0 Å². The summed E-state index contributed by atoms with van der Waals surface area (Å²) in [7, 11) is 4.28. The van der Waals surface area contributed by atoms with Crippen molar-refractivity contribution >= 4 is 0 Å². The van der Waals surface area contributed by atoms with Crippen LogP contribution in [-0.4, -0.2) is 21.3 Å². The molecule has 0 fully saturated rings. The van der Waals surface area contributed by atoms with Crippen molar-refractivity contribution in [1.29, 1.82) is 10.5 Å². The molecular formula is C11H10N2O3. The summed E-state index contributed by atoms with van der Waals surface area (Å²) in [5.74, 6) is 0.883. The summed E-state index contributed by atoms with van der Waals surface area (Å²) >= 11 is 0. The average molecular weight is 218 g/mol. The third-order valence-electron chi connectivity index (χ3n) is 2.08. The summed E-state index contributed by atoms with van der Waals surface area (Å²) in [5.41, 5.74) is 0.254. The van der Waals surface area contributed by atoms with E-state index in [2.05, 4.69) is 0 Å². The Labute approximate surface area is 93.4 Å². The summed E-state index contributed by atoms with van der Waals surface area (Å²) in [6, 6.07) is 5.33. The molecule has 0 unspecified atom stereocenters. The van der Waals surface area contributed by atoms with E-state index in [1.54, 1.807) is 0 Å². The van der Waals surface area contributed by atoms with E-state index in [0.29, 0.717) is 5.75 Å². The molecule has 16 heavy (non-hydrogen) atoms. The number of nitriles is 2. The molecule has 0 aliphatic carbocycles. The average Bonchev–Trinajstić information content (AvgIpc) is 2.35. The topological polar surface area (TPSA) is 75.3 Å². The molecule has 5 nitrogen and oxygen atoms in total. The minimum atomic E-state index is 0.112. The van der Waals surface area contributed by atoms with Crippen LogP contribution in [0.15, 0.2) is 6.07 Å². The van der Waals surface area contributed by atoms with Gasteiger partial charge in [-0.3, -0.25) is 0 Å². The standard InChI is InChI=1S/C11H10N2O3/c1-14-9-4-10(15-2)11(16-3)8(6-13)7(9)5-12/h4H,1-3H3. The van der Waals surface area contributed by atoms with Crippen LogP contribution in [0.3, 0.4) is 0 Å². The SMILES string of the molecule is COc1cc(OC)c(OC)c(C#N)c1C#N. The van der Waals surface area contributed by atoms with Gasteiger partial charge in [-0.05, 0) is 0 Å². The van der Waals surface area contributed by atoms with Gasteiger partial charge in [-0.25, -0.2) is 0 Å². The highest BCUT2D eigenvalue weighted by molar-refractivity contribution is 5.66. The smallest absolute Gasteiger partial charge is 0.180 e. The van der Waals surface area contributed by atoms with Gasteiger partial charge in [-0.15, -0.1) is 0 Å². The molecule has 0 bridgehead atoms. The maximum atomic E-state index is 9.01. The Morgan fingerprint density at radius 1 is 0.875 bits per heavy atom. The fourth-order valence-electron chi connectivity index (χ4n) is 1.35. The first-order valence-corrected chi connectivity index (χ1v) is 4.36. The molecule has 82 valence electrons. The lowest BCUT2D eigenvalue weighted by molar-refractivity contribution is 0.347. The molecule has 0 saturated heterocycles. The zero-order valence-electron chi connectivity index (χ0n) is 9.20. The van der Waals surface area contributed by atoms with E-state index in [1.165, 1.54) is 27.4 Å². The van der Waals surface area contributed by atoms with Crippen LogP contribution in [0.1, 0.15) is 11.1 Å². The Kier molecular flexibility index (Phi) is 3.58. The Hall–Kier alpha value is -2.40. The predicted molar refractivity (Wildman–Crippen MR) is 55.5 cm³/mol. The largest absolute Gasteiger partial charge is 0.495 e. The van der Waals surface area contributed by atoms with Crippen LogP contribution in [0.25, 0.3) is 0 Å². The third-order valence-corrected chi connectivity index (χ3v) is 2.08. The molecule has 0 atom stereocenters. The number of nitrogens with zero attached hydrogens (tertiary/aromatic N) is 2. The van der Waals surface area contributed by atoms with E-state index in [1.807, 2.05) is 12.1 Å². The highest BCUT2D eigenvalue weighted by atomic mass is 16.5. The van der Waals surface area contributed by atoms with Gasteiger partial charge in [-0.2, -0.15) is 10.5 Å². The Morgan fingerprint density at radius 3 is 1.81 bits per heavy atom. The molecule has 1 aromatic rings. The van der Waals surface area contributed by atoms with Crippen molar-refractivity contribution in [1.82, 2.24) is 0 Å². The van der Waals surface area contributed by atoms with Crippen molar-refractivity contribution in [2.24, 2.45) is 0 Å².